The third-order valence-corrected chi connectivity index (χ3v) is 4.88. The normalized spacial score (nSPS) is 10.5. The lowest BCUT2D eigenvalue weighted by Crippen LogP contribution is -2.11. The van der Waals surface area contributed by atoms with Gasteiger partial charge in [-0.25, -0.2) is 9.18 Å². The lowest BCUT2D eigenvalue weighted by Gasteiger charge is -2.16. The predicted molar refractivity (Wildman–Crippen MR) is 105 cm³/mol. The average Bonchev–Trinajstić information content (AvgIpc) is 2.69. The van der Waals surface area contributed by atoms with Crippen LogP contribution in [0.3, 0.4) is 0 Å². The number of benzene rings is 2. The maximum absolute atomic E-state index is 14.5. The highest BCUT2D eigenvalue weighted by atomic mass is 35.5. The summed E-state index contributed by atoms with van der Waals surface area (Å²) in [6.45, 7) is 0. The quantitative estimate of drug-likeness (QED) is 0.467. The molecule has 1 N–H and O–H groups in total. The van der Waals surface area contributed by atoms with E-state index < -0.39 is 11.8 Å². The molecule has 1 aromatic heterocycles. The number of methoxy groups -OCH3 is 1. The van der Waals surface area contributed by atoms with Crippen LogP contribution in [0.2, 0.25) is 5.02 Å². The second-order valence-corrected chi connectivity index (χ2v) is 6.71. The summed E-state index contributed by atoms with van der Waals surface area (Å²) >= 11 is 7.82. The molecule has 138 valence electrons. The largest absolute Gasteiger partial charge is 0.464 e. The van der Waals surface area contributed by atoms with Gasteiger partial charge < -0.3 is 10.1 Å². The van der Waals surface area contributed by atoms with E-state index in [1.165, 1.54) is 25.4 Å². The van der Waals surface area contributed by atoms with E-state index in [9.17, 15) is 9.18 Å². The number of nitrogens with one attached hydrogen (secondary N) is 1. The molecule has 5 nitrogen and oxygen atoms in total. The van der Waals surface area contributed by atoms with Crippen LogP contribution in [0, 0.1) is 5.82 Å². The van der Waals surface area contributed by atoms with Crippen molar-refractivity contribution in [2.75, 3.05) is 18.7 Å². The fraction of sp³-hybridized carbons (Fsp3) is 0.105. The van der Waals surface area contributed by atoms with Crippen LogP contribution in [-0.2, 0) is 4.74 Å². The van der Waals surface area contributed by atoms with Gasteiger partial charge in [-0.2, -0.15) is 5.10 Å². The highest BCUT2D eigenvalue weighted by molar-refractivity contribution is 7.98. The van der Waals surface area contributed by atoms with Crippen LogP contribution in [0.5, 0.6) is 0 Å². The van der Waals surface area contributed by atoms with Crippen molar-refractivity contribution in [3.63, 3.8) is 0 Å². The van der Waals surface area contributed by atoms with Crippen molar-refractivity contribution >= 4 is 40.7 Å². The Bertz CT molecular complexity index is 963. The second-order valence-electron chi connectivity index (χ2n) is 5.42. The molecule has 8 heteroatoms. The molecular weight excluding hydrogens is 389 g/mol. The molecule has 2 aromatic carbocycles. The van der Waals surface area contributed by atoms with Crippen molar-refractivity contribution < 1.29 is 13.9 Å². The van der Waals surface area contributed by atoms with Crippen LogP contribution >= 0.6 is 23.4 Å². The highest BCUT2D eigenvalue weighted by Crippen LogP contribution is 2.37. The Hall–Kier alpha value is -2.64. The summed E-state index contributed by atoms with van der Waals surface area (Å²) in [6, 6.07) is 11.9. The van der Waals surface area contributed by atoms with Crippen molar-refractivity contribution in [2.24, 2.45) is 0 Å². The zero-order chi connectivity index (χ0) is 19.4. The van der Waals surface area contributed by atoms with Crippen LogP contribution in [0.1, 0.15) is 10.5 Å². The summed E-state index contributed by atoms with van der Waals surface area (Å²) in [5.41, 5.74) is 1.33. The Balaban J connectivity index is 2.17. The molecule has 3 rings (SSSR count). The zero-order valence-corrected chi connectivity index (χ0v) is 16.1. The van der Waals surface area contributed by atoms with E-state index in [-0.39, 0.29) is 22.0 Å². The maximum atomic E-state index is 14.5. The molecule has 0 aliphatic heterocycles. The first-order chi connectivity index (χ1) is 13.0. The van der Waals surface area contributed by atoms with Crippen LogP contribution in [0.4, 0.5) is 15.8 Å². The number of halogens is 2. The Morgan fingerprint density at radius 1 is 1.22 bits per heavy atom. The van der Waals surface area contributed by atoms with Gasteiger partial charge in [-0.15, -0.1) is 16.9 Å². The summed E-state index contributed by atoms with van der Waals surface area (Å²) in [6.07, 6.45) is 3.33. The average molecular weight is 404 g/mol. The van der Waals surface area contributed by atoms with Gasteiger partial charge in [-0.1, -0.05) is 17.7 Å². The fourth-order valence-electron chi connectivity index (χ4n) is 2.52. The van der Waals surface area contributed by atoms with E-state index >= 15 is 0 Å². The van der Waals surface area contributed by atoms with E-state index in [0.29, 0.717) is 11.3 Å². The van der Waals surface area contributed by atoms with Crippen molar-refractivity contribution in [1.82, 2.24) is 10.2 Å². The van der Waals surface area contributed by atoms with Crippen molar-refractivity contribution in [3.8, 4) is 11.1 Å². The lowest BCUT2D eigenvalue weighted by molar-refractivity contribution is 0.0594. The Morgan fingerprint density at radius 3 is 2.59 bits per heavy atom. The van der Waals surface area contributed by atoms with Gasteiger partial charge in [0.1, 0.15) is 5.82 Å². The minimum absolute atomic E-state index is 0.0664. The van der Waals surface area contributed by atoms with Gasteiger partial charge >= 0.3 is 5.97 Å². The van der Waals surface area contributed by atoms with Crippen LogP contribution in [-0.4, -0.2) is 29.5 Å². The topological polar surface area (TPSA) is 64.1 Å². The molecule has 0 spiro atoms. The molecular formula is C19H15ClFN3O2S. The summed E-state index contributed by atoms with van der Waals surface area (Å²) in [5.74, 6) is -1.23. The number of carbonyl (C=O) groups excluding carboxylic acids is 1. The number of ether oxygens (including phenoxy) is 1. The summed E-state index contributed by atoms with van der Waals surface area (Å²) < 4.78 is 19.3. The molecule has 0 bridgehead atoms. The van der Waals surface area contributed by atoms with E-state index in [2.05, 4.69) is 15.5 Å². The van der Waals surface area contributed by atoms with Crippen molar-refractivity contribution in [1.29, 1.82) is 0 Å². The van der Waals surface area contributed by atoms with Gasteiger partial charge in [-0.05, 0) is 42.7 Å². The number of hydrogen-bond acceptors (Lipinski definition) is 6. The smallest absolute Gasteiger partial charge is 0.360 e. The molecule has 0 amide bonds. The van der Waals surface area contributed by atoms with Gasteiger partial charge in [0.2, 0.25) is 0 Å². The number of esters is 1. The molecule has 0 saturated carbocycles. The van der Waals surface area contributed by atoms with E-state index in [1.54, 1.807) is 17.8 Å². The maximum Gasteiger partial charge on any atom is 0.360 e. The number of thioether (sulfide) groups is 1. The van der Waals surface area contributed by atoms with Crippen molar-refractivity contribution in [3.05, 3.63) is 65.2 Å². The Kier molecular flexibility index (Phi) is 5.93. The first-order valence-corrected chi connectivity index (χ1v) is 9.45. The van der Waals surface area contributed by atoms with Gasteiger partial charge in [0.25, 0.3) is 0 Å². The highest BCUT2D eigenvalue weighted by Gasteiger charge is 2.22. The Morgan fingerprint density at radius 2 is 1.96 bits per heavy atom. The number of nitrogens with zero attached hydrogens (tertiary/aromatic N) is 2. The predicted octanol–water partition coefficient (Wildman–Crippen LogP) is 5.19. The molecule has 0 unspecified atom stereocenters. The SMILES string of the molecule is COC(=O)c1nncc(-c2c(F)cccc2Cl)c1Nc1ccc(SC)cc1. The molecule has 0 saturated heterocycles. The Labute approximate surface area is 164 Å². The first-order valence-electron chi connectivity index (χ1n) is 7.84. The monoisotopic (exact) mass is 403 g/mol. The molecule has 0 aliphatic rings. The third kappa shape index (κ3) is 4.04. The number of carbonyl (C=O) groups is 1. The molecule has 3 aromatic rings. The van der Waals surface area contributed by atoms with Gasteiger partial charge in [0.15, 0.2) is 5.69 Å². The molecule has 0 fully saturated rings. The van der Waals surface area contributed by atoms with Crippen molar-refractivity contribution in [2.45, 2.75) is 4.90 Å². The number of hydrogen-bond donors (Lipinski definition) is 1. The zero-order valence-electron chi connectivity index (χ0n) is 14.5. The van der Waals surface area contributed by atoms with Crippen LogP contribution in [0.15, 0.2) is 53.6 Å². The summed E-state index contributed by atoms with van der Waals surface area (Å²) in [5, 5.41) is 11.0. The number of aromatic nitrogens is 2. The van der Waals surface area contributed by atoms with Crippen LogP contribution < -0.4 is 5.32 Å². The first kappa shape index (κ1) is 19.1. The van der Waals surface area contributed by atoms with Gasteiger partial charge in [0.05, 0.1) is 24.0 Å². The van der Waals surface area contributed by atoms with E-state index in [1.807, 2.05) is 30.5 Å². The van der Waals surface area contributed by atoms with Crippen LogP contribution in [0.25, 0.3) is 11.1 Å². The third-order valence-electron chi connectivity index (χ3n) is 3.82. The molecule has 0 aliphatic carbocycles. The fourth-order valence-corrected chi connectivity index (χ4v) is 3.19. The second kappa shape index (κ2) is 8.37. The number of anilines is 2. The van der Waals surface area contributed by atoms with Gasteiger partial charge in [0, 0.05) is 21.7 Å². The minimum atomic E-state index is -0.694. The lowest BCUT2D eigenvalue weighted by atomic mass is 10.0. The van der Waals surface area contributed by atoms with Gasteiger partial charge in [-0.3, -0.25) is 0 Å². The molecule has 0 atom stereocenters. The molecule has 27 heavy (non-hydrogen) atoms. The van der Waals surface area contributed by atoms with E-state index in [4.69, 9.17) is 16.3 Å². The summed E-state index contributed by atoms with van der Waals surface area (Å²) in [4.78, 5) is 13.3. The van der Waals surface area contributed by atoms with E-state index in [0.717, 1.165) is 4.90 Å². The standard InChI is InChI=1S/C19H15ClFN3O2S/c1-26-19(25)18-17(23-11-6-8-12(27-2)9-7-11)13(10-22-24-18)16-14(20)4-3-5-15(16)21/h3-10H,1-2H3,(H,22,23). The molecule has 0 radical (unpaired) electrons. The minimum Gasteiger partial charge on any atom is -0.464 e. The number of rotatable bonds is 5. The summed E-state index contributed by atoms with van der Waals surface area (Å²) in [7, 11) is 1.24. The molecule has 1 heterocycles.